The number of hydrogen-bond acceptors (Lipinski definition) is 2. The molecule has 4 rings (SSSR count). The molecule has 2 atom stereocenters. The van der Waals surface area contributed by atoms with E-state index in [1.165, 1.54) is 83.5 Å². The van der Waals surface area contributed by atoms with Gasteiger partial charge in [0.25, 0.3) is 6.08 Å². The largest absolute Gasteiger partial charge is 0.376 e. The van der Waals surface area contributed by atoms with Gasteiger partial charge in [-0.2, -0.15) is 8.78 Å². The van der Waals surface area contributed by atoms with Crippen molar-refractivity contribution in [1.29, 1.82) is 0 Å². The fourth-order valence-electron chi connectivity index (χ4n) is 7.57. The van der Waals surface area contributed by atoms with Crippen molar-refractivity contribution in [2.75, 3.05) is 13.2 Å². The zero-order valence-electron chi connectivity index (χ0n) is 21.0. The minimum atomic E-state index is -1.64. The summed E-state index contributed by atoms with van der Waals surface area (Å²) in [5.74, 6) is 5.98. The van der Waals surface area contributed by atoms with Crippen LogP contribution in [0.1, 0.15) is 110 Å². The molecule has 1 heterocycles. The topological polar surface area (TPSA) is 18.5 Å². The Kier molecular flexibility index (Phi) is 10.1. The van der Waals surface area contributed by atoms with E-state index in [4.69, 9.17) is 9.47 Å². The molecule has 0 aromatic carbocycles. The van der Waals surface area contributed by atoms with E-state index < -0.39 is 12.2 Å². The zero-order chi connectivity index (χ0) is 23.0. The van der Waals surface area contributed by atoms with E-state index in [1.807, 2.05) is 0 Å². The summed E-state index contributed by atoms with van der Waals surface area (Å²) in [5.41, 5.74) is 0. The molecule has 0 aromatic heterocycles. The second-order valence-corrected chi connectivity index (χ2v) is 12.0. The highest BCUT2D eigenvalue weighted by Crippen LogP contribution is 2.46. The third-order valence-electron chi connectivity index (χ3n) is 9.79. The average Bonchev–Trinajstić information content (AvgIpc) is 2.84. The lowest BCUT2D eigenvalue weighted by molar-refractivity contribution is -0.0731. The first-order valence-electron chi connectivity index (χ1n) is 14.3. The lowest BCUT2D eigenvalue weighted by atomic mass is 9.65. The number of hydrogen-bond donors (Lipinski definition) is 0. The third kappa shape index (κ3) is 8.02. The van der Waals surface area contributed by atoms with Crippen molar-refractivity contribution in [2.45, 2.75) is 122 Å². The van der Waals surface area contributed by atoms with Crippen molar-refractivity contribution >= 4 is 0 Å². The van der Waals surface area contributed by atoms with E-state index in [1.54, 1.807) is 0 Å². The highest BCUT2D eigenvalue weighted by Gasteiger charge is 2.34. The standard InChI is InChI=1S/C29H48F2O2/c1-21-4-8-23(9-5-21)25-12-14-26(15-13-25)24-10-6-22(7-11-24)3-2-18-32-28-17-16-27(33-20-28)19-29(30)31/h19,21-28H,2-18,20H2,1H3. The molecule has 3 aliphatic carbocycles. The predicted octanol–water partition coefficient (Wildman–Crippen LogP) is 8.55. The van der Waals surface area contributed by atoms with E-state index in [2.05, 4.69) is 6.92 Å². The zero-order valence-corrected chi connectivity index (χ0v) is 21.0. The van der Waals surface area contributed by atoms with Crippen LogP contribution in [0.4, 0.5) is 8.78 Å². The minimum Gasteiger partial charge on any atom is -0.376 e. The first-order chi connectivity index (χ1) is 16.1. The molecule has 2 unspecified atom stereocenters. The number of halogens is 2. The van der Waals surface area contributed by atoms with Gasteiger partial charge < -0.3 is 9.47 Å². The molecular formula is C29H48F2O2. The molecule has 4 aliphatic rings. The molecule has 3 saturated carbocycles. The first kappa shape index (κ1) is 25.6. The molecule has 4 fully saturated rings. The lowest BCUT2D eigenvalue weighted by Gasteiger charge is -2.41. The van der Waals surface area contributed by atoms with Crippen LogP contribution in [0.3, 0.4) is 0 Å². The molecule has 2 nitrogen and oxygen atoms in total. The highest BCUT2D eigenvalue weighted by molar-refractivity contribution is 4.91. The van der Waals surface area contributed by atoms with Gasteiger partial charge in [0.05, 0.1) is 18.8 Å². The Morgan fingerprint density at radius 3 is 1.82 bits per heavy atom. The van der Waals surface area contributed by atoms with Gasteiger partial charge in [-0.05, 0) is 113 Å². The minimum absolute atomic E-state index is 0.0835. The lowest BCUT2D eigenvalue weighted by Crippen LogP contribution is -2.31. The fourth-order valence-corrected chi connectivity index (χ4v) is 7.57. The van der Waals surface area contributed by atoms with Gasteiger partial charge in [0.15, 0.2) is 0 Å². The van der Waals surface area contributed by atoms with Gasteiger partial charge in [-0.25, -0.2) is 0 Å². The van der Waals surface area contributed by atoms with Gasteiger partial charge in [-0.1, -0.05) is 32.6 Å². The van der Waals surface area contributed by atoms with E-state index in [0.717, 1.165) is 61.0 Å². The van der Waals surface area contributed by atoms with Gasteiger partial charge >= 0.3 is 0 Å². The second-order valence-electron chi connectivity index (χ2n) is 12.0. The first-order valence-corrected chi connectivity index (χ1v) is 14.3. The van der Waals surface area contributed by atoms with Crippen molar-refractivity contribution in [3.8, 4) is 0 Å². The van der Waals surface area contributed by atoms with Crippen LogP contribution in [0, 0.1) is 35.5 Å². The van der Waals surface area contributed by atoms with Crippen molar-refractivity contribution in [2.24, 2.45) is 35.5 Å². The van der Waals surface area contributed by atoms with Gasteiger partial charge in [-0.3, -0.25) is 0 Å². The van der Waals surface area contributed by atoms with Crippen molar-refractivity contribution < 1.29 is 18.3 Å². The summed E-state index contributed by atoms with van der Waals surface area (Å²) in [7, 11) is 0. The van der Waals surface area contributed by atoms with Gasteiger partial charge in [0.1, 0.15) is 0 Å². The van der Waals surface area contributed by atoms with Crippen molar-refractivity contribution in [1.82, 2.24) is 0 Å². The summed E-state index contributed by atoms with van der Waals surface area (Å²) in [6.45, 7) is 3.67. The number of rotatable bonds is 8. The summed E-state index contributed by atoms with van der Waals surface area (Å²) in [6.07, 6.45) is 20.6. The van der Waals surface area contributed by atoms with Crippen LogP contribution in [-0.4, -0.2) is 25.4 Å². The Morgan fingerprint density at radius 1 is 0.758 bits per heavy atom. The Labute approximate surface area is 201 Å². The Bertz CT molecular complexity index is 572. The van der Waals surface area contributed by atoms with Crippen molar-refractivity contribution in [3.63, 3.8) is 0 Å². The highest BCUT2D eigenvalue weighted by atomic mass is 19.3. The monoisotopic (exact) mass is 466 g/mol. The van der Waals surface area contributed by atoms with E-state index in [0.29, 0.717) is 13.0 Å². The van der Waals surface area contributed by atoms with E-state index in [9.17, 15) is 8.78 Å². The molecule has 0 N–H and O–H groups in total. The molecule has 0 spiro atoms. The van der Waals surface area contributed by atoms with E-state index >= 15 is 0 Å². The van der Waals surface area contributed by atoms with Crippen LogP contribution >= 0.6 is 0 Å². The van der Waals surface area contributed by atoms with Crippen LogP contribution in [-0.2, 0) is 9.47 Å². The average molecular weight is 467 g/mol. The predicted molar refractivity (Wildman–Crippen MR) is 130 cm³/mol. The molecule has 0 radical (unpaired) electrons. The molecule has 190 valence electrons. The maximum Gasteiger partial charge on any atom is 0.268 e. The van der Waals surface area contributed by atoms with Crippen LogP contribution in [0.2, 0.25) is 0 Å². The summed E-state index contributed by atoms with van der Waals surface area (Å²) in [6, 6.07) is 0. The number of ether oxygens (including phenoxy) is 2. The summed E-state index contributed by atoms with van der Waals surface area (Å²) >= 11 is 0. The second kappa shape index (κ2) is 13.0. The van der Waals surface area contributed by atoms with Gasteiger partial charge in [0.2, 0.25) is 0 Å². The Balaban J connectivity index is 1.04. The van der Waals surface area contributed by atoms with Crippen LogP contribution in [0.25, 0.3) is 0 Å². The van der Waals surface area contributed by atoms with E-state index in [-0.39, 0.29) is 6.10 Å². The molecule has 1 saturated heterocycles. The van der Waals surface area contributed by atoms with Crippen LogP contribution in [0.15, 0.2) is 12.2 Å². The third-order valence-corrected chi connectivity index (χ3v) is 9.79. The van der Waals surface area contributed by atoms with Gasteiger partial charge in [0, 0.05) is 12.7 Å². The fraction of sp³-hybridized carbons (Fsp3) is 0.931. The summed E-state index contributed by atoms with van der Waals surface area (Å²) in [4.78, 5) is 0. The molecule has 4 heteroatoms. The van der Waals surface area contributed by atoms with Crippen molar-refractivity contribution in [3.05, 3.63) is 12.2 Å². The van der Waals surface area contributed by atoms with Gasteiger partial charge in [-0.15, -0.1) is 0 Å². The quantitative estimate of drug-likeness (QED) is 0.334. The summed E-state index contributed by atoms with van der Waals surface area (Å²) < 4.78 is 36.1. The summed E-state index contributed by atoms with van der Waals surface area (Å²) in [5, 5.41) is 0. The molecule has 33 heavy (non-hydrogen) atoms. The van der Waals surface area contributed by atoms with Crippen LogP contribution in [0.5, 0.6) is 0 Å². The maximum absolute atomic E-state index is 12.3. The molecule has 0 bridgehead atoms. The smallest absolute Gasteiger partial charge is 0.268 e. The Morgan fingerprint density at radius 2 is 1.30 bits per heavy atom. The SMILES string of the molecule is CC1CCC(C2CCC(C3CCC(CCCOC4CCC(C=C(F)F)OC4)CC3)CC2)CC1. The Hall–Kier alpha value is -0.480. The molecule has 1 aliphatic heterocycles. The normalized spacial score (nSPS) is 40.3. The molecular weight excluding hydrogens is 418 g/mol. The molecule has 0 amide bonds. The maximum atomic E-state index is 12.3. The van der Waals surface area contributed by atoms with Crippen LogP contribution < -0.4 is 0 Å². The molecule has 0 aromatic rings.